The van der Waals surface area contributed by atoms with E-state index in [4.69, 9.17) is 17.4 Å². The number of halogens is 1. The first kappa shape index (κ1) is 9.47. The lowest BCUT2D eigenvalue weighted by Crippen LogP contribution is -2.30. The predicted molar refractivity (Wildman–Crippen MR) is 46.0 cm³/mol. The van der Waals surface area contributed by atoms with E-state index in [2.05, 4.69) is 0 Å². The quantitative estimate of drug-likeness (QED) is 0.547. The molecule has 0 fully saturated rings. The molecule has 1 aromatic rings. The second-order valence-corrected chi connectivity index (χ2v) is 4.23. The second-order valence-electron chi connectivity index (χ2n) is 2.08. The Morgan fingerprint density at radius 2 is 1.75 bits per heavy atom. The third kappa shape index (κ3) is 1.95. The average molecular weight is 207 g/mol. The third-order valence-corrected chi connectivity index (χ3v) is 2.73. The Kier molecular flexibility index (Phi) is 2.69. The number of nitrogens with one attached hydrogen (secondary N) is 1. The molecule has 0 bridgehead atoms. The van der Waals surface area contributed by atoms with Crippen molar-refractivity contribution < 1.29 is 8.42 Å². The third-order valence-electron chi connectivity index (χ3n) is 1.28. The summed E-state index contributed by atoms with van der Waals surface area (Å²) in [5.74, 6) is 4.81. The molecule has 0 aliphatic heterocycles. The molecule has 4 nitrogen and oxygen atoms in total. The Balaban J connectivity index is 3.14. The molecule has 0 saturated carbocycles. The molecule has 6 heteroatoms. The van der Waals surface area contributed by atoms with Crippen LogP contribution in [0.2, 0.25) is 5.02 Å². The van der Waals surface area contributed by atoms with Gasteiger partial charge in [0.25, 0.3) is 10.0 Å². The minimum absolute atomic E-state index is 0.0920. The van der Waals surface area contributed by atoms with Crippen molar-refractivity contribution >= 4 is 21.6 Å². The molecular weight excluding hydrogens is 200 g/mol. The summed E-state index contributed by atoms with van der Waals surface area (Å²) in [6.45, 7) is 0. The van der Waals surface area contributed by atoms with Crippen molar-refractivity contribution in [1.29, 1.82) is 0 Å². The summed E-state index contributed by atoms with van der Waals surface area (Å²) < 4.78 is 22.1. The molecular formula is C6H7ClN2O2S. The van der Waals surface area contributed by atoms with E-state index in [1.165, 1.54) is 24.3 Å². The Morgan fingerprint density at radius 1 is 1.25 bits per heavy atom. The number of rotatable bonds is 2. The van der Waals surface area contributed by atoms with Crippen LogP contribution in [0.1, 0.15) is 0 Å². The van der Waals surface area contributed by atoms with Gasteiger partial charge in [-0.25, -0.2) is 8.42 Å². The summed E-state index contributed by atoms with van der Waals surface area (Å²) in [7, 11) is -3.55. The monoisotopic (exact) mass is 206 g/mol. The molecule has 0 heterocycles. The van der Waals surface area contributed by atoms with E-state index in [1.54, 1.807) is 4.83 Å². The lowest BCUT2D eigenvalue weighted by atomic mass is 10.4. The van der Waals surface area contributed by atoms with Gasteiger partial charge >= 0.3 is 0 Å². The molecule has 0 aliphatic rings. The summed E-state index contributed by atoms with van der Waals surface area (Å²) in [6, 6.07) is 5.70. The maximum atomic E-state index is 11.0. The first-order valence-electron chi connectivity index (χ1n) is 3.04. The first-order chi connectivity index (χ1) is 5.56. The highest BCUT2D eigenvalue weighted by atomic mass is 35.5. The van der Waals surface area contributed by atoms with E-state index in [1.807, 2.05) is 0 Å². The molecule has 0 radical (unpaired) electrons. The maximum absolute atomic E-state index is 11.0. The van der Waals surface area contributed by atoms with Gasteiger partial charge in [0.15, 0.2) is 0 Å². The molecule has 0 amide bonds. The Labute approximate surface area is 75.4 Å². The Hall–Kier alpha value is -0.620. The number of hydrazine groups is 1. The fraction of sp³-hybridized carbons (Fsp3) is 0. The van der Waals surface area contributed by atoms with Crippen LogP contribution < -0.4 is 10.7 Å². The largest absolute Gasteiger partial charge is 0.257 e. The molecule has 1 rings (SSSR count). The molecule has 12 heavy (non-hydrogen) atoms. The summed E-state index contributed by atoms with van der Waals surface area (Å²) in [6.07, 6.45) is 0. The van der Waals surface area contributed by atoms with E-state index in [9.17, 15) is 8.42 Å². The van der Waals surface area contributed by atoms with Gasteiger partial charge in [-0.2, -0.15) is 4.83 Å². The maximum Gasteiger partial charge on any atom is 0.253 e. The summed E-state index contributed by atoms with van der Waals surface area (Å²) in [5.41, 5.74) is 0. The minimum Gasteiger partial charge on any atom is -0.257 e. The molecule has 0 unspecified atom stereocenters. The van der Waals surface area contributed by atoms with Gasteiger partial charge in [-0.15, -0.1) is 0 Å². The zero-order chi connectivity index (χ0) is 9.19. The number of hydrogen-bond donors (Lipinski definition) is 2. The summed E-state index contributed by atoms with van der Waals surface area (Å²) in [4.78, 5) is 1.80. The number of hydrogen-bond acceptors (Lipinski definition) is 3. The highest BCUT2D eigenvalue weighted by Crippen LogP contribution is 2.12. The lowest BCUT2D eigenvalue weighted by molar-refractivity contribution is 0.584. The van der Waals surface area contributed by atoms with Crippen LogP contribution in [0.4, 0.5) is 0 Å². The van der Waals surface area contributed by atoms with Gasteiger partial charge in [0, 0.05) is 5.02 Å². The minimum atomic E-state index is -3.55. The van der Waals surface area contributed by atoms with Gasteiger partial charge in [-0.1, -0.05) is 11.6 Å². The van der Waals surface area contributed by atoms with E-state index < -0.39 is 10.0 Å². The molecule has 3 N–H and O–H groups in total. The van der Waals surface area contributed by atoms with Gasteiger partial charge in [0.05, 0.1) is 4.90 Å². The molecule has 0 spiro atoms. The van der Waals surface area contributed by atoms with Gasteiger partial charge in [0.1, 0.15) is 0 Å². The van der Waals surface area contributed by atoms with Crippen LogP contribution in [0.25, 0.3) is 0 Å². The molecule has 0 aromatic heterocycles. The van der Waals surface area contributed by atoms with Crippen molar-refractivity contribution in [2.45, 2.75) is 4.90 Å². The van der Waals surface area contributed by atoms with Gasteiger partial charge in [0.2, 0.25) is 0 Å². The van der Waals surface area contributed by atoms with E-state index in [0.29, 0.717) is 5.02 Å². The van der Waals surface area contributed by atoms with Crippen molar-refractivity contribution in [2.75, 3.05) is 0 Å². The fourth-order valence-electron chi connectivity index (χ4n) is 0.682. The lowest BCUT2D eigenvalue weighted by Gasteiger charge is -2.00. The Bertz CT molecular complexity index is 360. The topological polar surface area (TPSA) is 72.2 Å². The van der Waals surface area contributed by atoms with Crippen LogP contribution in [0.5, 0.6) is 0 Å². The number of nitrogens with two attached hydrogens (primary N) is 1. The number of sulfonamides is 1. The molecule has 0 saturated heterocycles. The van der Waals surface area contributed by atoms with E-state index in [-0.39, 0.29) is 4.90 Å². The van der Waals surface area contributed by atoms with Crippen LogP contribution >= 0.6 is 11.6 Å². The number of benzene rings is 1. The highest BCUT2D eigenvalue weighted by Gasteiger charge is 2.09. The van der Waals surface area contributed by atoms with Crippen molar-refractivity contribution in [2.24, 2.45) is 5.84 Å². The highest BCUT2D eigenvalue weighted by molar-refractivity contribution is 7.89. The molecule has 1 aromatic carbocycles. The molecule has 0 aliphatic carbocycles. The average Bonchev–Trinajstić information content (AvgIpc) is 2.05. The van der Waals surface area contributed by atoms with Crippen LogP contribution in [0.15, 0.2) is 29.2 Å². The van der Waals surface area contributed by atoms with Crippen LogP contribution in [0, 0.1) is 0 Å². The van der Waals surface area contributed by atoms with Crippen LogP contribution in [0.3, 0.4) is 0 Å². The van der Waals surface area contributed by atoms with Crippen LogP contribution in [-0.2, 0) is 10.0 Å². The molecule has 66 valence electrons. The molecule has 0 atom stereocenters. The van der Waals surface area contributed by atoms with Gasteiger partial charge < -0.3 is 0 Å². The zero-order valence-electron chi connectivity index (χ0n) is 5.99. The predicted octanol–water partition coefficient (Wildman–Crippen LogP) is 0.492. The van der Waals surface area contributed by atoms with Crippen molar-refractivity contribution in [3.05, 3.63) is 29.3 Å². The fourth-order valence-corrected chi connectivity index (χ4v) is 1.44. The van der Waals surface area contributed by atoms with Crippen molar-refractivity contribution in [3.8, 4) is 0 Å². The van der Waals surface area contributed by atoms with Crippen LogP contribution in [-0.4, -0.2) is 8.42 Å². The zero-order valence-corrected chi connectivity index (χ0v) is 7.56. The SMILES string of the molecule is NNS(=O)(=O)c1ccc(Cl)cc1. The van der Waals surface area contributed by atoms with Crippen molar-refractivity contribution in [3.63, 3.8) is 0 Å². The van der Waals surface area contributed by atoms with E-state index >= 15 is 0 Å². The van der Waals surface area contributed by atoms with Crippen molar-refractivity contribution in [1.82, 2.24) is 4.83 Å². The Morgan fingerprint density at radius 3 is 2.17 bits per heavy atom. The normalized spacial score (nSPS) is 11.5. The standard InChI is InChI=1S/C6H7ClN2O2S/c7-5-1-3-6(4-2-5)12(10,11)9-8/h1-4,9H,8H2. The summed E-state index contributed by atoms with van der Waals surface area (Å²) in [5, 5.41) is 0.478. The van der Waals surface area contributed by atoms with Gasteiger partial charge in [-0.05, 0) is 24.3 Å². The van der Waals surface area contributed by atoms with E-state index in [0.717, 1.165) is 0 Å². The smallest absolute Gasteiger partial charge is 0.253 e. The second kappa shape index (κ2) is 3.40. The summed E-state index contributed by atoms with van der Waals surface area (Å²) >= 11 is 5.56. The van der Waals surface area contributed by atoms with Gasteiger partial charge in [-0.3, -0.25) is 5.84 Å². The first-order valence-corrected chi connectivity index (χ1v) is 4.90.